The maximum absolute atomic E-state index is 12.3. The lowest BCUT2D eigenvalue weighted by atomic mass is 10.1. The Morgan fingerprint density at radius 2 is 1.68 bits per heavy atom. The van der Waals surface area contributed by atoms with Gasteiger partial charge in [-0.1, -0.05) is 84.1 Å². The lowest BCUT2D eigenvalue weighted by Gasteiger charge is -2.09. The van der Waals surface area contributed by atoms with Crippen molar-refractivity contribution in [1.82, 2.24) is 15.6 Å². The number of benzene rings is 4. The lowest BCUT2D eigenvalue weighted by Crippen LogP contribution is -2.19. The number of carbonyl (C=O) groups excluding carboxylic acids is 2. The normalized spacial score (nSPS) is 10.9. The predicted octanol–water partition coefficient (Wildman–Crippen LogP) is 5.22. The zero-order chi connectivity index (χ0) is 26.2. The van der Waals surface area contributed by atoms with Crippen LogP contribution in [0.5, 0.6) is 5.75 Å². The Bertz CT molecular complexity index is 1600. The number of rotatable bonds is 9. The van der Waals surface area contributed by atoms with E-state index < -0.39 is 0 Å². The first-order chi connectivity index (χ1) is 18.6. The molecule has 2 N–H and O–H groups in total. The van der Waals surface area contributed by atoms with Crippen LogP contribution in [0.2, 0.25) is 0 Å². The molecule has 0 aliphatic rings. The van der Waals surface area contributed by atoms with Crippen molar-refractivity contribution in [3.8, 4) is 5.75 Å². The van der Waals surface area contributed by atoms with Crippen molar-refractivity contribution < 1.29 is 14.3 Å². The van der Waals surface area contributed by atoms with Gasteiger partial charge in [0.15, 0.2) is 0 Å². The van der Waals surface area contributed by atoms with Gasteiger partial charge in [-0.3, -0.25) is 14.9 Å². The molecule has 4 aromatic carbocycles. The van der Waals surface area contributed by atoms with Gasteiger partial charge in [0, 0.05) is 5.56 Å². The van der Waals surface area contributed by atoms with Crippen LogP contribution < -0.4 is 15.5 Å². The number of hydrogen-bond acceptors (Lipinski definition) is 7. The van der Waals surface area contributed by atoms with Crippen molar-refractivity contribution in [2.24, 2.45) is 5.10 Å². The number of hydrazone groups is 1. The van der Waals surface area contributed by atoms with E-state index in [2.05, 4.69) is 50.3 Å². The third-order valence-corrected chi connectivity index (χ3v) is 6.41. The van der Waals surface area contributed by atoms with Crippen LogP contribution in [-0.2, 0) is 17.8 Å². The molecule has 9 heteroatoms. The van der Waals surface area contributed by atoms with E-state index in [1.165, 1.54) is 5.39 Å². The smallest absolute Gasteiger partial charge is 0.257 e. The number of amides is 2. The number of carbonyl (C=O) groups is 2. The third kappa shape index (κ3) is 6.45. The Morgan fingerprint density at radius 3 is 2.58 bits per heavy atom. The minimum atomic E-state index is -0.346. The van der Waals surface area contributed by atoms with E-state index in [1.54, 1.807) is 30.5 Å². The van der Waals surface area contributed by atoms with E-state index in [0.29, 0.717) is 28.1 Å². The standard InChI is InChI=1S/C29H23N5O3S/c35-26(17-27-33-34-29(38-27)31-28(36)22-10-2-1-3-11-22)32-30-18-20-8-6-14-24(16-20)37-19-23-13-7-12-21-9-4-5-15-25(21)23/h1-16,18H,17,19H2,(H,32,35)(H,31,34,36)/b30-18-. The summed E-state index contributed by atoms with van der Waals surface area (Å²) in [6.45, 7) is 0.439. The Hall–Kier alpha value is -4.89. The van der Waals surface area contributed by atoms with Crippen LogP contribution in [0.4, 0.5) is 5.13 Å². The second-order valence-corrected chi connectivity index (χ2v) is 9.35. The van der Waals surface area contributed by atoms with Crippen LogP contribution in [0.25, 0.3) is 10.8 Å². The highest BCUT2D eigenvalue weighted by Gasteiger charge is 2.12. The van der Waals surface area contributed by atoms with Gasteiger partial charge in [-0.15, -0.1) is 10.2 Å². The summed E-state index contributed by atoms with van der Waals surface area (Å²) in [6.07, 6.45) is 1.54. The van der Waals surface area contributed by atoms with Gasteiger partial charge in [0.1, 0.15) is 17.4 Å². The molecule has 0 spiro atoms. The molecule has 2 amide bonds. The van der Waals surface area contributed by atoms with Crippen molar-refractivity contribution in [3.63, 3.8) is 0 Å². The fourth-order valence-corrected chi connectivity index (χ4v) is 4.49. The molecular weight excluding hydrogens is 498 g/mol. The molecule has 188 valence electrons. The zero-order valence-corrected chi connectivity index (χ0v) is 21.0. The number of nitrogens with one attached hydrogen (secondary N) is 2. The van der Waals surface area contributed by atoms with Gasteiger partial charge in [-0.2, -0.15) is 5.10 Å². The topological polar surface area (TPSA) is 106 Å². The maximum Gasteiger partial charge on any atom is 0.257 e. The first-order valence-corrected chi connectivity index (χ1v) is 12.7. The van der Waals surface area contributed by atoms with Crippen molar-refractivity contribution >= 4 is 45.3 Å². The van der Waals surface area contributed by atoms with Gasteiger partial charge in [-0.05, 0) is 46.2 Å². The molecule has 0 bridgehead atoms. The van der Waals surface area contributed by atoms with Crippen molar-refractivity contribution in [3.05, 3.63) is 119 Å². The summed E-state index contributed by atoms with van der Waals surface area (Å²) in [5.41, 5.74) is 4.89. The first kappa shape index (κ1) is 24.8. The fraction of sp³-hybridized carbons (Fsp3) is 0.0690. The Labute approximate surface area is 223 Å². The SMILES string of the molecule is O=C(Cc1nnc(NC(=O)c2ccccc2)s1)N/N=C\c1cccc(OCc2cccc3ccccc23)c1. The molecule has 0 saturated carbocycles. The average Bonchev–Trinajstić information content (AvgIpc) is 3.38. The van der Waals surface area contributed by atoms with E-state index in [4.69, 9.17) is 4.74 Å². The molecule has 5 rings (SSSR count). The van der Waals surface area contributed by atoms with E-state index in [9.17, 15) is 9.59 Å². The summed E-state index contributed by atoms with van der Waals surface area (Å²) in [7, 11) is 0. The molecule has 5 aromatic rings. The van der Waals surface area contributed by atoms with Crippen LogP contribution >= 0.6 is 11.3 Å². The maximum atomic E-state index is 12.3. The van der Waals surface area contributed by atoms with E-state index in [-0.39, 0.29) is 18.2 Å². The molecule has 0 unspecified atom stereocenters. The minimum Gasteiger partial charge on any atom is -0.489 e. The van der Waals surface area contributed by atoms with Gasteiger partial charge in [0.05, 0.1) is 12.6 Å². The quantitative estimate of drug-likeness (QED) is 0.205. The molecule has 0 radical (unpaired) electrons. The van der Waals surface area contributed by atoms with E-state index in [0.717, 1.165) is 27.8 Å². The second kappa shape index (κ2) is 11.9. The van der Waals surface area contributed by atoms with Crippen LogP contribution in [0, 0.1) is 0 Å². The van der Waals surface area contributed by atoms with Crippen LogP contribution in [0.1, 0.15) is 26.5 Å². The predicted molar refractivity (Wildman–Crippen MR) is 148 cm³/mol. The van der Waals surface area contributed by atoms with Crippen molar-refractivity contribution in [1.29, 1.82) is 0 Å². The minimum absolute atomic E-state index is 0.00953. The van der Waals surface area contributed by atoms with E-state index >= 15 is 0 Å². The summed E-state index contributed by atoms with van der Waals surface area (Å²) in [5, 5.41) is 17.7. The summed E-state index contributed by atoms with van der Waals surface area (Å²) < 4.78 is 6.01. The fourth-order valence-electron chi connectivity index (χ4n) is 3.75. The number of fused-ring (bicyclic) bond motifs is 1. The number of ether oxygens (including phenoxy) is 1. The van der Waals surface area contributed by atoms with Crippen molar-refractivity contribution in [2.45, 2.75) is 13.0 Å². The van der Waals surface area contributed by atoms with Gasteiger partial charge in [-0.25, -0.2) is 5.43 Å². The Kier molecular flexibility index (Phi) is 7.76. The second-order valence-electron chi connectivity index (χ2n) is 8.29. The lowest BCUT2D eigenvalue weighted by molar-refractivity contribution is -0.120. The summed E-state index contributed by atoms with van der Waals surface area (Å²) in [6, 6.07) is 30.6. The molecule has 0 aliphatic carbocycles. The summed E-state index contributed by atoms with van der Waals surface area (Å²) >= 11 is 1.14. The number of aromatic nitrogens is 2. The molecule has 8 nitrogen and oxygen atoms in total. The highest BCUT2D eigenvalue weighted by Crippen LogP contribution is 2.21. The van der Waals surface area contributed by atoms with Gasteiger partial charge < -0.3 is 4.74 Å². The molecule has 1 aromatic heterocycles. The molecule has 0 atom stereocenters. The van der Waals surface area contributed by atoms with Gasteiger partial charge >= 0.3 is 0 Å². The Balaban J connectivity index is 1.12. The molecule has 0 fully saturated rings. The summed E-state index contributed by atoms with van der Waals surface area (Å²) in [5.74, 6) is 0.0690. The molecule has 0 saturated heterocycles. The molecular formula is C29H23N5O3S. The number of hydrogen-bond donors (Lipinski definition) is 2. The van der Waals surface area contributed by atoms with Gasteiger partial charge in [0.2, 0.25) is 11.0 Å². The average molecular weight is 522 g/mol. The van der Waals surface area contributed by atoms with E-state index in [1.807, 2.05) is 48.5 Å². The summed E-state index contributed by atoms with van der Waals surface area (Å²) in [4.78, 5) is 24.5. The third-order valence-electron chi connectivity index (χ3n) is 5.57. The van der Waals surface area contributed by atoms with Crippen LogP contribution in [0.15, 0.2) is 102 Å². The molecule has 1 heterocycles. The molecule has 38 heavy (non-hydrogen) atoms. The highest BCUT2D eigenvalue weighted by molar-refractivity contribution is 7.15. The molecule has 0 aliphatic heterocycles. The van der Waals surface area contributed by atoms with Crippen molar-refractivity contribution in [2.75, 3.05) is 5.32 Å². The monoisotopic (exact) mass is 521 g/mol. The van der Waals surface area contributed by atoms with Crippen LogP contribution in [-0.4, -0.2) is 28.2 Å². The first-order valence-electron chi connectivity index (χ1n) is 11.8. The number of nitrogens with zero attached hydrogens (tertiary/aromatic N) is 3. The van der Waals surface area contributed by atoms with Crippen LogP contribution in [0.3, 0.4) is 0 Å². The Morgan fingerprint density at radius 1 is 0.895 bits per heavy atom. The zero-order valence-electron chi connectivity index (χ0n) is 20.2. The highest BCUT2D eigenvalue weighted by atomic mass is 32.1. The van der Waals surface area contributed by atoms with Gasteiger partial charge in [0.25, 0.3) is 5.91 Å². The number of anilines is 1. The largest absolute Gasteiger partial charge is 0.489 e.